The van der Waals surface area contributed by atoms with Crippen LogP contribution in [0.3, 0.4) is 0 Å². The van der Waals surface area contributed by atoms with Crippen molar-refractivity contribution in [3.63, 3.8) is 0 Å². The maximum Gasteiger partial charge on any atom is 0.0738 e. The number of hydrogen-bond acceptors (Lipinski definition) is 3. The van der Waals surface area contributed by atoms with Crippen LogP contribution in [0.4, 0.5) is 0 Å². The largest absolute Gasteiger partial charge is 0.392 e. The molecular weight excluding hydrogens is 757 g/mol. The first kappa shape index (κ1) is 40.8. The molecule has 0 saturated carbocycles. The van der Waals surface area contributed by atoms with E-state index in [-0.39, 0.29) is 22.9 Å². The fourth-order valence-corrected chi connectivity index (χ4v) is 8.71. The number of fused-ring (bicyclic) bond motifs is 8. The van der Waals surface area contributed by atoms with Crippen LogP contribution >= 0.6 is 0 Å². The molecule has 310 valence electrons. The Morgan fingerprint density at radius 1 is 0.387 bits per heavy atom. The molecule has 62 heavy (non-hydrogen) atoms. The van der Waals surface area contributed by atoms with Gasteiger partial charge in [0, 0.05) is 44.3 Å². The smallest absolute Gasteiger partial charge is 0.0738 e. The van der Waals surface area contributed by atoms with Gasteiger partial charge in [0.2, 0.25) is 0 Å². The van der Waals surface area contributed by atoms with E-state index in [1.165, 1.54) is 16.7 Å². The Labute approximate surface area is 366 Å². The van der Waals surface area contributed by atoms with Crippen molar-refractivity contribution in [2.75, 3.05) is 0 Å². The lowest BCUT2D eigenvalue weighted by molar-refractivity contribution is 0.282. The third kappa shape index (κ3) is 7.67. The molecule has 0 spiro atoms. The third-order valence-corrected chi connectivity index (χ3v) is 12.3. The maximum atomic E-state index is 10.7. The van der Waals surface area contributed by atoms with Crippen molar-refractivity contribution < 1.29 is 5.11 Å². The predicted molar refractivity (Wildman–Crippen MR) is 263 cm³/mol. The Bertz CT molecular complexity index is 2910. The minimum atomic E-state index is -0.107. The van der Waals surface area contributed by atoms with Crippen LogP contribution in [-0.4, -0.2) is 25.0 Å². The van der Waals surface area contributed by atoms with Gasteiger partial charge >= 0.3 is 0 Å². The lowest BCUT2D eigenvalue weighted by Crippen LogP contribution is -2.10. The Kier molecular flexibility index (Phi) is 10.1. The molecule has 0 radical (unpaired) electrons. The van der Waals surface area contributed by atoms with Gasteiger partial charge in [0.25, 0.3) is 0 Å². The van der Waals surface area contributed by atoms with Crippen molar-refractivity contribution in [1.82, 2.24) is 19.9 Å². The van der Waals surface area contributed by atoms with Crippen LogP contribution in [0.2, 0.25) is 0 Å². The maximum absolute atomic E-state index is 10.7. The molecule has 5 heteroatoms. The van der Waals surface area contributed by atoms with Gasteiger partial charge in [-0.25, -0.2) is 9.97 Å². The number of aliphatic hydroxyl groups excluding tert-OH is 1. The highest BCUT2D eigenvalue weighted by atomic mass is 16.3. The van der Waals surface area contributed by atoms with Gasteiger partial charge in [-0.1, -0.05) is 159 Å². The van der Waals surface area contributed by atoms with Crippen LogP contribution in [0.1, 0.15) is 107 Å². The summed E-state index contributed by atoms with van der Waals surface area (Å²) in [6.07, 6.45) is 8.43. The number of H-pyrrole nitrogens is 2. The molecular formula is C57H56N4O. The van der Waals surface area contributed by atoms with E-state index >= 15 is 0 Å². The van der Waals surface area contributed by atoms with Crippen molar-refractivity contribution >= 4 is 46.4 Å². The van der Waals surface area contributed by atoms with Crippen molar-refractivity contribution in [2.45, 2.75) is 85.2 Å². The number of aromatic nitrogens is 4. The zero-order valence-corrected chi connectivity index (χ0v) is 37.4. The SMILES string of the molecule is CC(C)(C)c1ccc(-c2c3nc(c(-c4ccccc4CO)c4nc(c(-c5ccc(C(C)(C)C)cc5)c5ccc([nH]5)c(-c5ccc(C(C)(C)C)cc5)c5ccc2[nH]5)C=C4)C=C3)cc1. The molecule has 2 aliphatic heterocycles. The molecule has 5 heterocycles. The molecule has 0 atom stereocenters. The summed E-state index contributed by atoms with van der Waals surface area (Å²) < 4.78 is 0. The molecule has 9 rings (SSSR count). The van der Waals surface area contributed by atoms with Crippen LogP contribution < -0.4 is 0 Å². The van der Waals surface area contributed by atoms with E-state index in [1.807, 2.05) is 18.2 Å². The molecule has 7 aromatic rings. The van der Waals surface area contributed by atoms with Crippen molar-refractivity contribution in [2.24, 2.45) is 0 Å². The summed E-state index contributed by atoms with van der Waals surface area (Å²) in [6, 6.07) is 43.6. The first-order valence-corrected chi connectivity index (χ1v) is 21.7. The summed E-state index contributed by atoms with van der Waals surface area (Å²) in [5, 5.41) is 10.7. The van der Waals surface area contributed by atoms with Gasteiger partial charge < -0.3 is 15.1 Å². The monoisotopic (exact) mass is 812 g/mol. The lowest BCUT2D eigenvalue weighted by Gasteiger charge is -2.19. The Hall–Kier alpha value is -6.56. The molecule has 0 unspecified atom stereocenters. The standard InChI is InChI=1S/C57H56N4O/c1-55(2,3)39-20-14-35(15-21-39)51-43-26-28-45(58-43)52(36-16-22-40(23-17-36)56(4,5)6)47-30-32-49(60-47)54(42-13-11-10-12-38(42)34-62)50-33-31-48(61-50)53(46-29-27-44(51)59-46)37-18-24-41(25-19-37)57(7,8)9/h10-33,58-59,62H,34H2,1-9H3. The topological polar surface area (TPSA) is 77.6 Å². The van der Waals surface area contributed by atoms with Gasteiger partial charge in [-0.15, -0.1) is 0 Å². The minimum absolute atomic E-state index is 0.0127. The van der Waals surface area contributed by atoms with Gasteiger partial charge in [0.05, 0.1) is 29.4 Å². The summed E-state index contributed by atoms with van der Waals surface area (Å²) >= 11 is 0. The molecule has 3 aromatic heterocycles. The fourth-order valence-electron chi connectivity index (χ4n) is 8.71. The van der Waals surface area contributed by atoms with Crippen LogP contribution in [0.5, 0.6) is 0 Å². The summed E-state index contributed by atoms with van der Waals surface area (Å²) in [4.78, 5) is 18.8. The third-order valence-electron chi connectivity index (χ3n) is 12.3. The Morgan fingerprint density at radius 3 is 1.06 bits per heavy atom. The van der Waals surface area contributed by atoms with Gasteiger partial charge in [-0.3, -0.25) is 0 Å². The minimum Gasteiger partial charge on any atom is -0.392 e. The zero-order chi connectivity index (χ0) is 43.6. The summed E-state index contributed by atoms with van der Waals surface area (Å²) in [5.41, 5.74) is 20.0. The number of benzene rings is 4. The highest BCUT2D eigenvalue weighted by Gasteiger charge is 2.22. The second-order valence-corrected chi connectivity index (χ2v) is 19.8. The van der Waals surface area contributed by atoms with E-state index in [2.05, 4.69) is 200 Å². The second kappa shape index (κ2) is 15.4. The number of aliphatic hydroxyl groups is 1. The normalized spacial score (nSPS) is 12.9. The Balaban J connectivity index is 1.43. The van der Waals surface area contributed by atoms with Crippen molar-refractivity contribution in [3.8, 4) is 44.5 Å². The quantitative estimate of drug-likeness (QED) is 0.162. The lowest BCUT2D eigenvalue weighted by atomic mass is 9.86. The Morgan fingerprint density at radius 2 is 0.710 bits per heavy atom. The first-order chi connectivity index (χ1) is 29.6. The van der Waals surface area contributed by atoms with E-state index in [4.69, 9.17) is 9.97 Å². The molecule has 2 aliphatic rings. The number of rotatable bonds is 5. The average Bonchev–Trinajstić information content (AvgIpc) is 4.09. The highest BCUT2D eigenvalue weighted by Crippen LogP contribution is 2.40. The zero-order valence-electron chi connectivity index (χ0n) is 37.4. The van der Waals surface area contributed by atoms with Crippen LogP contribution in [0.15, 0.2) is 121 Å². The highest BCUT2D eigenvalue weighted by molar-refractivity contribution is 6.00. The molecule has 8 bridgehead atoms. The first-order valence-electron chi connectivity index (χ1n) is 21.7. The van der Waals surface area contributed by atoms with E-state index in [0.29, 0.717) is 0 Å². The van der Waals surface area contributed by atoms with Gasteiger partial charge in [-0.05, 0) is 109 Å². The predicted octanol–water partition coefficient (Wildman–Crippen LogP) is 14.7. The molecule has 0 saturated heterocycles. The number of hydrogen-bond donors (Lipinski definition) is 3. The van der Waals surface area contributed by atoms with E-state index in [1.54, 1.807) is 0 Å². The fraction of sp³-hybridized carbons (Fsp3) is 0.228. The van der Waals surface area contributed by atoms with Crippen LogP contribution in [0, 0.1) is 0 Å². The summed E-state index contributed by atoms with van der Waals surface area (Å²) in [6.45, 7) is 20.1. The van der Waals surface area contributed by atoms with Crippen molar-refractivity contribution in [1.29, 1.82) is 0 Å². The summed E-state index contributed by atoms with van der Waals surface area (Å²) in [7, 11) is 0. The van der Waals surface area contributed by atoms with Crippen LogP contribution in [-0.2, 0) is 22.9 Å². The number of aromatic amines is 2. The van der Waals surface area contributed by atoms with E-state index in [0.717, 1.165) is 94.9 Å². The van der Waals surface area contributed by atoms with Crippen LogP contribution in [0.25, 0.3) is 90.9 Å². The van der Waals surface area contributed by atoms with Crippen molar-refractivity contribution in [3.05, 3.63) is 166 Å². The van der Waals surface area contributed by atoms with E-state index < -0.39 is 0 Å². The molecule has 3 N–H and O–H groups in total. The average molecular weight is 813 g/mol. The van der Waals surface area contributed by atoms with E-state index in [9.17, 15) is 5.11 Å². The van der Waals surface area contributed by atoms with Gasteiger partial charge in [0.15, 0.2) is 0 Å². The second-order valence-electron chi connectivity index (χ2n) is 19.8. The number of nitrogens with zero attached hydrogens (tertiary/aromatic N) is 2. The van der Waals surface area contributed by atoms with Gasteiger partial charge in [0.1, 0.15) is 0 Å². The molecule has 0 amide bonds. The molecule has 4 aromatic carbocycles. The number of nitrogens with one attached hydrogen (secondary N) is 2. The molecule has 0 fully saturated rings. The summed E-state index contributed by atoms with van der Waals surface area (Å²) in [5.74, 6) is 0. The van der Waals surface area contributed by atoms with Gasteiger partial charge in [-0.2, -0.15) is 0 Å². The molecule has 0 aliphatic carbocycles. The molecule has 5 nitrogen and oxygen atoms in total.